The van der Waals surface area contributed by atoms with Gasteiger partial charge in [0.15, 0.2) is 0 Å². The first-order valence-electron chi connectivity index (χ1n) is 2.95. The maximum atomic E-state index is 12.3. The first kappa shape index (κ1) is 13.4. The predicted molar refractivity (Wildman–Crippen MR) is 26.6 cm³/mol. The Hall–Kier alpha value is -0.630. The van der Waals surface area contributed by atoms with E-state index in [-0.39, 0.29) is 0 Å². The average molecular weight is 234 g/mol. The van der Waals surface area contributed by atoms with Crippen LogP contribution >= 0.6 is 0 Å². The lowest BCUT2D eigenvalue weighted by molar-refractivity contribution is -0.392. The molecular weight excluding hydrogens is 231 g/mol. The number of rotatable bonds is 1. The maximum Gasteiger partial charge on any atom is 0.437 e. The van der Waals surface area contributed by atoms with Crippen LogP contribution in [0.5, 0.6) is 0 Å². The maximum absolute atomic E-state index is 12.3. The van der Waals surface area contributed by atoms with Crippen LogP contribution in [0.25, 0.3) is 0 Å². The number of hydrogen-bond donors (Lipinski definition) is 0. The summed E-state index contributed by atoms with van der Waals surface area (Å²) >= 11 is 0. The zero-order chi connectivity index (χ0) is 12.0. The summed E-state index contributed by atoms with van der Waals surface area (Å²) in [5.41, 5.74) is -6.52. The molecule has 0 aromatic carbocycles. The van der Waals surface area contributed by atoms with E-state index in [2.05, 4.69) is 0 Å². The Morgan fingerprint density at radius 2 is 0.786 bits per heavy atom. The van der Waals surface area contributed by atoms with Crippen LogP contribution in [0.15, 0.2) is 0 Å². The smallest absolute Gasteiger partial charge is 0.217 e. The zero-order valence-corrected chi connectivity index (χ0v) is 6.40. The van der Waals surface area contributed by atoms with Crippen molar-refractivity contribution in [3.8, 4) is 0 Å². The van der Waals surface area contributed by atoms with Gasteiger partial charge in [0.1, 0.15) is 0 Å². The summed E-state index contributed by atoms with van der Waals surface area (Å²) in [5, 5.41) is 0. The fraction of sp³-hybridized carbons (Fsp3) is 1.00. The number of halogens is 9. The van der Waals surface area contributed by atoms with Crippen LogP contribution in [0, 0.1) is 0 Å². The van der Waals surface area contributed by atoms with E-state index >= 15 is 0 Å². The highest BCUT2D eigenvalue weighted by Crippen LogP contribution is 2.54. The van der Waals surface area contributed by atoms with Crippen LogP contribution in [-0.2, 0) is 0 Å². The second kappa shape index (κ2) is 2.93. The molecule has 0 spiro atoms. The largest absolute Gasteiger partial charge is 0.437 e. The molecule has 0 bridgehead atoms. The van der Waals surface area contributed by atoms with Gasteiger partial charge in [-0.05, 0) is 0 Å². The third kappa shape index (κ3) is 1.76. The van der Waals surface area contributed by atoms with Gasteiger partial charge in [0.2, 0.25) is 0 Å². The molecule has 0 fully saturated rings. The Morgan fingerprint density at radius 3 is 0.786 bits per heavy atom. The molecular formula is C5H3F9. The third-order valence-electron chi connectivity index (χ3n) is 1.39. The third-order valence-corrected chi connectivity index (χ3v) is 1.39. The molecule has 0 radical (unpaired) electrons. The van der Waals surface area contributed by atoms with Gasteiger partial charge in [-0.2, -0.15) is 26.3 Å². The highest BCUT2D eigenvalue weighted by atomic mass is 19.4. The fourth-order valence-corrected chi connectivity index (χ4v) is 0.658. The minimum absolute atomic E-state index is 0.784. The molecule has 0 aliphatic rings. The summed E-state index contributed by atoms with van der Waals surface area (Å²) < 4.78 is 105. The molecule has 0 saturated heterocycles. The molecule has 0 aliphatic carbocycles. The van der Waals surface area contributed by atoms with Gasteiger partial charge in [-0.15, -0.1) is 0 Å². The van der Waals surface area contributed by atoms with Crippen molar-refractivity contribution in [1.82, 2.24) is 0 Å². The zero-order valence-electron chi connectivity index (χ0n) is 6.40. The van der Waals surface area contributed by atoms with E-state index in [1.165, 1.54) is 0 Å². The minimum Gasteiger partial charge on any atom is -0.217 e. The van der Waals surface area contributed by atoms with Gasteiger partial charge < -0.3 is 0 Å². The quantitative estimate of drug-likeness (QED) is 0.609. The van der Waals surface area contributed by atoms with Crippen molar-refractivity contribution < 1.29 is 39.5 Å². The first-order chi connectivity index (χ1) is 5.75. The SMILES string of the molecule is CC(F)(F)C(F)(C(F)(F)F)C(F)(F)F. The Morgan fingerprint density at radius 1 is 0.571 bits per heavy atom. The van der Waals surface area contributed by atoms with Crippen LogP contribution in [0.3, 0.4) is 0 Å². The van der Waals surface area contributed by atoms with Crippen LogP contribution in [0.1, 0.15) is 6.92 Å². The van der Waals surface area contributed by atoms with Crippen molar-refractivity contribution in [2.45, 2.75) is 30.9 Å². The van der Waals surface area contributed by atoms with Crippen molar-refractivity contribution in [2.75, 3.05) is 0 Å². The van der Waals surface area contributed by atoms with Gasteiger partial charge in [0, 0.05) is 6.92 Å². The van der Waals surface area contributed by atoms with Crippen molar-refractivity contribution in [3.63, 3.8) is 0 Å². The Bertz CT molecular complexity index is 167. The van der Waals surface area contributed by atoms with Crippen molar-refractivity contribution in [2.24, 2.45) is 0 Å². The summed E-state index contributed by atoms with van der Waals surface area (Å²) in [5.74, 6) is -5.59. The van der Waals surface area contributed by atoms with Crippen molar-refractivity contribution in [3.05, 3.63) is 0 Å². The number of hydrogen-bond acceptors (Lipinski definition) is 0. The summed E-state index contributed by atoms with van der Waals surface area (Å²) in [7, 11) is 0. The summed E-state index contributed by atoms with van der Waals surface area (Å²) in [6.07, 6.45) is -13.4. The molecule has 0 amide bonds. The van der Waals surface area contributed by atoms with Crippen LogP contribution in [0.2, 0.25) is 0 Å². The molecule has 0 heterocycles. The molecule has 0 aromatic heterocycles. The molecule has 0 nitrogen and oxygen atoms in total. The van der Waals surface area contributed by atoms with Crippen LogP contribution in [0.4, 0.5) is 39.5 Å². The average Bonchev–Trinajstić information content (AvgIpc) is 1.77. The Labute approximate surface area is 71.7 Å². The Kier molecular flexibility index (Phi) is 2.80. The molecule has 9 heteroatoms. The monoisotopic (exact) mass is 234 g/mol. The highest BCUT2D eigenvalue weighted by Gasteiger charge is 2.82. The molecule has 0 atom stereocenters. The molecule has 0 rings (SSSR count). The summed E-state index contributed by atoms with van der Waals surface area (Å²) in [6.45, 7) is -0.784. The van der Waals surface area contributed by atoms with Crippen molar-refractivity contribution >= 4 is 0 Å². The molecule has 0 saturated carbocycles. The predicted octanol–water partition coefficient (Wildman–Crippen LogP) is 3.47. The van der Waals surface area contributed by atoms with E-state index in [1.807, 2.05) is 0 Å². The van der Waals surface area contributed by atoms with Crippen LogP contribution in [-0.4, -0.2) is 23.9 Å². The number of alkyl halides is 9. The normalized spacial score (nSPS) is 15.9. The first-order valence-corrected chi connectivity index (χ1v) is 2.95. The second-order valence-corrected chi connectivity index (χ2v) is 2.54. The van der Waals surface area contributed by atoms with E-state index in [0.717, 1.165) is 0 Å². The molecule has 0 N–H and O–H groups in total. The lowest BCUT2D eigenvalue weighted by Gasteiger charge is -2.33. The molecule has 86 valence electrons. The van der Waals surface area contributed by atoms with E-state index < -0.39 is 30.9 Å². The Balaban J connectivity index is 5.54. The summed E-state index contributed by atoms with van der Waals surface area (Å²) in [4.78, 5) is 0. The van der Waals surface area contributed by atoms with Gasteiger partial charge in [0.05, 0.1) is 0 Å². The van der Waals surface area contributed by atoms with E-state index in [1.54, 1.807) is 0 Å². The van der Waals surface area contributed by atoms with E-state index in [4.69, 9.17) is 0 Å². The van der Waals surface area contributed by atoms with E-state index in [0.29, 0.717) is 0 Å². The highest BCUT2D eigenvalue weighted by molar-refractivity contribution is 5.03. The standard InChI is InChI=1S/C5H3F9/c1-2(6,7)3(8,4(9,10)11)5(12,13)14/h1H3. The van der Waals surface area contributed by atoms with Gasteiger partial charge in [0.25, 0.3) is 5.92 Å². The van der Waals surface area contributed by atoms with Gasteiger partial charge >= 0.3 is 18.0 Å². The van der Waals surface area contributed by atoms with Crippen molar-refractivity contribution in [1.29, 1.82) is 0 Å². The molecule has 0 unspecified atom stereocenters. The van der Waals surface area contributed by atoms with Gasteiger partial charge in [-0.3, -0.25) is 0 Å². The fourth-order valence-electron chi connectivity index (χ4n) is 0.658. The molecule has 14 heavy (non-hydrogen) atoms. The lowest BCUT2D eigenvalue weighted by Crippen LogP contribution is -2.63. The van der Waals surface area contributed by atoms with Gasteiger partial charge in [-0.1, -0.05) is 0 Å². The summed E-state index contributed by atoms with van der Waals surface area (Å²) in [6, 6.07) is 0. The lowest BCUT2D eigenvalue weighted by atomic mass is 9.97. The van der Waals surface area contributed by atoms with Crippen LogP contribution < -0.4 is 0 Å². The van der Waals surface area contributed by atoms with E-state index in [9.17, 15) is 39.5 Å². The topological polar surface area (TPSA) is 0 Å². The minimum atomic E-state index is -6.72. The molecule has 0 aliphatic heterocycles. The molecule has 0 aromatic rings. The van der Waals surface area contributed by atoms with Gasteiger partial charge in [-0.25, -0.2) is 13.2 Å². The second-order valence-electron chi connectivity index (χ2n) is 2.54.